The fourth-order valence-corrected chi connectivity index (χ4v) is 9.05. The number of rotatable bonds is 6. The molecule has 32 heavy (non-hydrogen) atoms. The Morgan fingerprint density at radius 2 is 1.22 bits per heavy atom. The molecule has 6 atom stereocenters. The maximum absolute atomic E-state index is 12.2. The van der Waals surface area contributed by atoms with Crippen LogP contribution in [0.2, 0.25) is 0 Å². The summed E-state index contributed by atoms with van der Waals surface area (Å²) in [6, 6.07) is 18.8. The Kier molecular flexibility index (Phi) is 8.88. The van der Waals surface area contributed by atoms with Crippen LogP contribution in [0.5, 0.6) is 0 Å². The molecule has 2 aromatic rings. The zero-order valence-corrected chi connectivity index (χ0v) is 20.1. The van der Waals surface area contributed by atoms with Gasteiger partial charge in [-0.05, 0) is 17.0 Å². The first-order chi connectivity index (χ1) is 15.2. The highest BCUT2D eigenvalue weighted by Crippen LogP contribution is 2.55. The average Bonchev–Trinajstić information content (AvgIpc) is 3.20. The summed E-state index contributed by atoms with van der Waals surface area (Å²) in [5.41, 5.74) is 7.62. The Hall–Kier alpha value is -1.30. The topological polar surface area (TPSA) is 119 Å². The summed E-state index contributed by atoms with van der Waals surface area (Å²) < 4.78 is 35.3. The molecule has 0 aliphatic carbocycles. The second-order valence-electron chi connectivity index (χ2n) is 8.65. The Labute approximate surface area is 189 Å². The van der Waals surface area contributed by atoms with Crippen molar-refractivity contribution in [2.24, 2.45) is 11.7 Å². The molecule has 0 radical (unpaired) electrons. The molecule has 0 bridgehead atoms. The van der Waals surface area contributed by atoms with E-state index in [0.717, 1.165) is 11.1 Å². The lowest BCUT2D eigenvalue weighted by molar-refractivity contribution is 0.158. The molecule has 176 valence electrons. The van der Waals surface area contributed by atoms with Gasteiger partial charge in [-0.1, -0.05) is 67.6 Å². The minimum atomic E-state index is -2.72. The summed E-state index contributed by atoms with van der Waals surface area (Å²) in [6.45, 7) is 2.60. The van der Waals surface area contributed by atoms with Gasteiger partial charge in [0.2, 0.25) is 14.7 Å². The van der Waals surface area contributed by atoms with Gasteiger partial charge in [-0.2, -0.15) is 0 Å². The first-order valence-electron chi connectivity index (χ1n) is 10.8. The molecule has 2 aliphatic rings. The minimum absolute atomic E-state index is 0.0848. The molecule has 2 aromatic carbocycles. The molecule has 4 rings (SSSR count). The molecule has 0 amide bonds. The lowest BCUT2D eigenvalue weighted by Gasteiger charge is -2.12. The van der Waals surface area contributed by atoms with Crippen molar-refractivity contribution in [1.82, 2.24) is 0 Å². The van der Waals surface area contributed by atoms with Crippen LogP contribution in [-0.2, 0) is 31.4 Å². The standard InChI is InChI=1S/C12H17O3P.C11H16NO3P/c1-10-8-16(14,9-12(10)13)15-7-11-5-3-2-4-6-11;12-10-7-16(14,8-11(10)13)15-6-9-4-2-1-3-5-9/h2-6,10,12-13H,7-9H2,1H3;1-5,10-11,13H,6-8,12H2. The first kappa shape index (κ1) is 25.3. The van der Waals surface area contributed by atoms with Crippen LogP contribution < -0.4 is 5.73 Å². The molecule has 7 nitrogen and oxygen atoms in total. The van der Waals surface area contributed by atoms with E-state index < -0.39 is 33.0 Å². The van der Waals surface area contributed by atoms with E-state index in [2.05, 4.69) is 0 Å². The van der Waals surface area contributed by atoms with E-state index in [9.17, 15) is 19.3 Å². The molecular weight excluding hydrogens is 448 g/mol. The summed E-state index contributed by atoms with van der Waals surface area (Å²) >= 11 is 0. The van der Waals surface area contributed by atoms with Crippen molar-refractivity contribution in [3.05, 3.63) is 71.8 Å². The van der Waals surface area contributed by atoms with Crippen LogP contribution in [0.4, 0.5) is 0 Å². The SMILES string of the molecule is CC1CP(=O)(OCc2ccccc2)CC1O.NC1CP(=O)(OCc2ccccc2)CC1O. The Morgan fingerprint density at radius 3 is 1.59 bits per heavy atom. The predicted molar refractivity (Wildman–Crippen MR) is 126 cm³/mol. The molecule has 2 aliphatic heterocycles. The van der Waals surface area contributed by atoms with Crippen LogP contribution >= 0.6 is 14.7 Å². The molecule has 9 heteroatoms. The number of hydrogen-bond acceptors (Lipinski definition) is 7. The molecular formula is C23H33NO6P2. The fraction of sp³-hybridized carbons (Fsp3) is 0.478. The summed E-state index contributed by atoms with van der Waals surface area (Å²) in [5.74, 6) is 0.0848. The Morgan fingerprint density at radius 1 is 0.781 bits per heavy atom. The van der Waals surface area contributed by atoms with Gasteiger partial charge in [0.05, 0.1) is 37.7 Å². The third-order valence-electron chi connectivity index (χ3n) is 5.76. The van der Waals surface area contributed by atoms with Gasteiger partial charge in [-0.3, -0.25) is 9.13 Å². The van der Waals surface area contributed by atoms with Gasteiger partial charge in [0.15, 0.2) is 0 Å². The minimum Gasteiger partial charge on any atom is -0.392 e. The van der Waals surface area contributed by atoms with Crippen molar-refractivity contribution in [1.29, 1.82) is 0 Å². The van der Waals surface area contributed by atoms with Gasteiger partial charge >= 0.3 is 0 Å². The molecule has 0 aromatic heterocycles. The maximum Gasteiger partial charge on any atom is 0.207 e. The highest BCUT2D eigenvalue weighted by atomic mass is 31.2. The van der Waals surface area contributed by atoms with Crippen LogP contribution in [0.3, 0.4) is 0 Å². The highest BCUT2D eigenvalue weighted by Gasteiger charge is 2.40. The fourth-order valence-electron chi connectivity index (χ4n) is 3.78. The second-order valence-corrected chi connectivity index (χ2v) is 13.9. The molecule has 6 unspecified atom stereocenters. The van der Waals surface area contributed by atoms with Gasteiger partial charge in [-0.15, -0.1) is 0 Å². The average molecular weight is 481 g/mol. The van der Waals surface area contributed by atoms with Crippen LogP contribution in [0, 0.1) is 5.92 Å². The van der Waals surface area contributed by atoms with E-state index in [4.69, 9.17) is 14.8 Å². The predicted octanol–water partition coefficient (Wildman–Crippen LogP) is 3.68. The van der Waals surface area contributed by atoms with Crippen molar-refractivity contribution in [3.63, 3.8) is 0 Å². The molecule has 0 saturated carbocycles. The Bertz CT molecular complexity index is 837. The third kappa shape index (κ3) is 7.36. The van der Waals surface area contributed by atoms with Gasteiger partial charge in [0.1, 0.15) is 0 Å². The van der Waals surface area contributed by atoms with Crippen molar-refractivity contribution in [3.8, 4) is 0 Å². The van der Waals surface area contributed by atoms with Crippen molar-refractivity contribution < 1.29 is 28.4 Å². The zero-order valence-electron chi connectivity index (χ0n) is 18.3. The zero-order chi connectivity index (χ0) is 23.2. The smallest absolute Gasteiger partial charge is 0.207 e. The highest BCUT2D eigenvalue weighted by molar-refractivity contribution is 7.59. The van der Waals surface area contributed by atoms with Gasteiger partial charge in [-0.25, -0.2) is 0 Å². The summed E-state index contributed by atoms with van der Waals surface area (Å²) in [6.07, 6.45) is 0.104. The first-order valence-corrected chi connectivity index (χ1v) is 14.8. The number of nitrogens with two attached hydrogens (primary N) is 1. The normalized spacial score (nSPS) is 34.1. The van der Waals surface area contributed by atoms with Gasteiger partial charge in [0.25, 0.3) is 0 Å². The largest absolute Gasteiger partial charge is 0.392 e. The third-order valence-corrected chi connectivity index (χ3v) is 10.9. The molecule has 2 fully saturated rings. The lowest BCUT2D eigenvalue weighted by Crippen LogP contribution is -2.32. The van der Waals surface area contributed by atoms with Gasteiger partial charge < -0.3 is 25.0 Å². The summed E-state index contributed by atoms with van der Waals surface area (Å²) in [4.78, 5) is 0. The number of aliphatic hydroxyl groups excluding tert-OH is 2. The maximum atomic E-state index is 12.2. The van der Waals surface area contributed by atoms with Crippen LogP contribution in [0.15, 0.2) is 60.7 Å². The Balaban J connectivity index is 0.000000181. The quantitative estimate of drug-likeness (QED) is 0.539. The molecule has 2 saturated heterocycles. The molecule has 0 spiro atoms. The van der Waals surface area contributed by atoms with Crippen molar-refractivity contribution >= 4 is 14.7 Å². The van der Waals surface area contributed by atoms with E-state index in [1.165, 1.54) is 0 Å². The number of benzene rings is 2. The van der Waals surface area contributed by atoms with E-state index >= 15 is 0 Å². The summed E-state index contributed by atoms with van der Waals surface area (Å²) in [5, 5.41) is 19.0. The van der Waals surface area contributed by atoms with E-state index in [1.807, 2.05) is 67.6 Å². The summed E-state index contributed by atoms with van der Waals surface area (Å²) in [7, 11) is -5.32. The number of hydrogen-bond donors (Lipinski definition) is 3. The second kappa shape index (κ2) is 11.2. The van der Waals surface area contributed by atoms with Gasteiger partial charge in [0, 0.05) is 18.4 Å². The lowest BCUT2D eigenvalue weighted by atomic mass is 10.1. The monoisotopic (exact) mass is 481 g/mol. The number of aliphatic hydroxyl groups is 2. The van der Waals surface area contributed by atoms with E-state index in [1.54, 1.807) is 0 Å². The van der Waals surface area contributed by atoms with Crippen LogP contribution in [-0.4, -0.2) is 53.1 Å². The van der Waals surface area contributed by atoms with Crippen LogP contribution in [0.25, 0.3) is 0 Å². The van der Waals surface area contributed by atoms with Crippen molar-refractivity contribution in [2.75, 3.05) is 24.6 Å². The van der Waals surface area contributed by atoms with Crippen LogP contribution in [0.1, 0.15) is 18.1 Å². The van der Waals surface area contributed by atoms with E-state index in [0.29, 0.717) is 25.5 Å². The molecule has 2 heterocycles. The molecule has 4 N–H and O–H groups in total. The van der Waals surface area contributed by atoms with E-state index in [-0.39, 0.29) is 18.2 Å². The van der Waals surface area contributed by atoms with Crippen molar-refractivity contribution in [2.45, 2.75) is 38.4 Å².